The average molecular weight is 880 g/mol. The van der Waals surface area contributed by atoms with Crippen molar-refractivity contribution in [3.05, 3.63) is 273 Å². The number of rotatable bonds is 14. The predicted molar refractivity (Wildman–Crippen MR) is 276 cm³/mol. The van der Waals surface area contributed by atoms with E-state index in [-0.39, 0.29) is 0 Å². The molecule has 0 nitrogen and oxygen atoms in total. The van der Waals surface area contributed by atoms with Gasteiger partial charge in [0.05, 0.1) is 0 Å². The molecule has 0 N–H and O–H groups in total. The molecule has 6 heteroatoms. The van der Waals surface area contributed by atoms with Gasteiger partial charge in [-0.05, 0) is 83.4 Å². The minimum absolute atomic E-state index is 0.903. The van der Waals surface area contributed by atoms with Gasteiger partial charge in [0.25, 0.3) is 0 Å². The van der Waals surface area contributed by atoms with Crippen LogP contribution < -0.4 is 47.7 Å². The molecule has 0 spiro atoms. The van der Waals surface area contributed by atoms with Crippen LogP contribution in [0.5, 0.6) is 0 Å². The Hall–Kier alpha value is -4.44. The molecule has 0 fully saturated rings. The lowest BCUT2D eigenvalue weighted by Gasteiger charge is -2.47. The van der Waals surface area contributed by atoms with Crippen molar-refractivity contribution in [2.24, 2.45) is 0 Å². The van der Waals surface area contributed by atoms with Gasteiger partial charge in [-0.1, -0.05) is 237 Å². The highest BCUT2D eigenvalue weighted by molar-refractivity contribution is 9.07. The Kier molecular flexibility index (Phi) is 13.6. The molecule has 290 valence electrons. The summed E-state index contributed by atoms with van der Waals surface area (Å²) in [6.07, 6.45) is 0. The molecule has 9 rings (SSSR count). The zero-order chi connectivity index (χ0) is 40.4. The van der Waals surface area contributed by atoms with Gasteiger partial charge in [0.2, 0.25) is 0 Å². The lowest BCUT2D eigenvalue weighted by atomic mass is 10.4. The molecule has 60 heavy (non-hydrogen) atoms. The largest absolute Gasteiger partial charge is 0.139 e. The Morgan fingerprint density at radius 3 is 0.600 bits per heavy atom. The molecule has 0 heterocycles. The van der Waals surface area contributed by atoms with E-state index in [0.29, 0.717) is 0 Å². The summed E-state index contributed by atoms with van der Waals surface area (Å²) in [5, 5.41) is 13.2. The van der Waals surface area contributed by atoms with Crippen LogP contribution in [0.3, 0.4) is 0 Å². The predicted octanol–water partition coefficient (Wildman–Crippen LogP) is 12.9. The molecule has 9 aromatic rings. The van der Waals surface area contributed by atoms with Crippen molar-refractivity contribution in [1.29, 1.82) is 0 Å². The molecule has 9 aromatic carbocycles. The van der Waals surface area contributed by atoms with E-state index in [1.807, 2.05) is 0 Å². The van der Waals surface area contributed by atoms with Crippen LogP contribution in [-0.4, -0.2) is 0 Å². The molecule has 0 aliphatic rings. The molecular formula is C54H45P6+. The normalized spacial score (nSPS) is 13.1. The van der Waals surface area contributed by atoms with E-state index < -0.39 is 43.8 Å². The Balaban J connectivity index is 1.53. The maximum Gasteiger partial charge on any atom is 0.139 e. The molecule has 0 amide bonds. The van der Waals surface area contributed by atoms with Crippen molar-refractivity contribution in [2.45, 2.75) is 0 Å². The highest BCUT2D eigenvalue weighted by Crippen LogP contribution is 3.13. The first kappa shape index (κ1) is 40.9. The van der Waals surface area contributed by atoms with Gasteiger partial charge in [0.15, 0.2) is 0 Å². The van der Waals surface area contributed by atoms with Crippen molar-refractivity contribution in [3.8, 4) is 0 Å². The van der Waals surface area contributed by atoms with Gasteiger partial charge >= 0.3 is 0 Å². The standard InChI is InChI=1S/C54H45P6/c1-10-28-46(29-11-1)55(47-30-12-2-13-31-47)57(50-36-18-5-19-37-50)59(60(52-40-22-7-23-41-52,53-42-24-8-25-43-53)54-44-26-9-27-45-54)58(51-38-20-6-21-39-51)56(48-32-14-3-15-33-48)49-34-16-4-17-35-49/h1-45H/q+1. The SMILES string of the molecule is c1ccc(P(c2ccccc2)P(c2ccccc2)P(P(c2ccccc2)P(c2ccccc2)c2ccccc2)[P+](c2ccccc2)(c2ccccc2)c2ccccc2)cc1. The molecule has 0 aliphatic carbocycles. The number of hydrogen-bond donors (Lipinski definition) is 0. The van der Waals surface area contributed by atoms with Crippen LogP contribution in [0.15, 0.2) is 273 Å². The van der Waals surface area contributed by atoms with Crippen LogP contribution in [0, 0.1) is 0 Å². The first-order valence-corrected chi connectivity index (χ1v) is 32.2. The van der Waals surface area contributed by atoms with Crippen LogP contribution in [0.4, 0.5) is 0 Å². The zero-order valence-electron chi connectivity index (χ0n) is 33.2. The Morgan fingerprint density at radius 1 is 0.200 bits per heavy atom. The molecule has 0 aliphatic heterocycles. The summed E-state index contributed by atoms with van der Waals surface area (Å²) in [6, 6.07) is 105. The summed E-state index contributed by atoms with van der Waals surface area (Å²) in [7, 11) is -3.70. The third-order valence-electron chi connectivity index (χ3n) is 10.4. The van der Waals surface area contributed by atoms with Crippen molar-refractivity contribution in [3.63, 3.8) is 0 Å². The summed E-state index contributed by atoms with van der Waals surface area (Å²) in [5.41, 5.74) is 0. The van der Waals surface area contributed by atoms with Crippen molar-refractivity contribution in [2.75, 3.05) is 0 Å². The van der Waals surface area contributed by atoms with E-state index >= 15 is 0 Å². The van der Waals surface area contributed by atoms with E-state index in [1.54, 1.807) is 0 Å². The van der Waals surface area contributed by atoms with Gasteiger partial charge in [-0.15, -0.1) is 0 Å². The second-order valence-corrected chi connectivity index (χ2v) is 40.3. The molecule has 0 bridgehead atoms. The van der Waals surface area contributed by atoms with Crippen molar-refractivity contribution < 1.29 is 0 Å². The summed E-state index contributed by atoms with van der Waals surface area (Å²) in [5.74, 6) is 0. The maximum atomic E-state index is 2.49. The second-order valence-electron chi connectivity index (χ2n) is 14.1. The summed E-state index contributed by atoms with van der Waals surface area (Å²) >= 11 is 0. The van der Waals surface area contributed by atoms with E-state index in [2.05, 4.69) is 273 Å². The first-order valence-electron chi connectivity index (χ1n) is 20.2. The fourth-order valence-corrected chi connectivity index (χ4v) is 74.6. The van der Waals surface area contributed by atoms with Crippen LogP contribution in [0.25, 0.3) is 0 Å². The summed E-state index contributed by atoms with van der Waals surface area (Å²) in [6.45, 7) is -3.53. The van der Waals surface area contributed by atoms with E-state index in [0.717, 1.165) is 0 Å². The molecule has 0 aromatic heterocycles. The molecule has 2 atom stereocenters. The van der Waals surface area contributed by atoms with Gasteiger partial charge in [0.1, 0.15) is 29.9 Å². The third-order valence-corrected chi connectivity index (χ3v) is 56.5. The monoisotopic (exact) mass is 879 g/mol. The van der Waals surface area contributed by atoms with Crippen molar-refractivity contribution >= 4 is 91.5 Å². The van der Waals surface area contributed by atoms with E-state index in [9.17, 15) is 0 Å². The van der Waals surface area contributed by atoms with E-state index in [1.165, 1.54) is 47.7 Å². The fourth-order valence-electron chi connectivity index (χ4n) is 7.76. The molecule has 2 unspecified atom stereocenters. The van der Waals surface area contributed by atoms with Gasteiger partial charge in [0, 0.05) is 14.6 Å². The van der Waals surface area contributed by atoms with Crippen LogP contribution in [-0.2, 0) is 0 Å². The minimum Gasteiger partial charge on any atom is -0.0622 e. The topological polar surface area (TPSA) is 0 Å². The fraction of sp³-hybridized carbons (Fsp3) is 0. The quantitative estimate of drug-likeness (QED) is 0.0955. The lowest BCUT2D eigenvalue weighted by molar-refractivity contribution is 1.73. The highest BCUT2D eigenvalue weighted by Gasteiger charge is 2.62. The average Bonchev–Trinajstić information content (AvgIpc) is 3.34. The van der Waals surface area contributed by atoms with Gasteiger partial charge in [-0.25, -0.2) is 0 Å². The van der Waals surface area contributed by atoms with Gasteiger partial charge < -0.3 is 0 Å². The maximum absolute atomic E-state index is 2.54. The molecule has 0 saturated carbocycles. The highest BCUT2D eigenvalue weighted by atomic mass is 33.0. The Bertz CT molecular complexity index is 2340. The van der Waals surface area contributed by atoms with Gasteiger partial charge in [-0.2, -0.15) is 0 Å². The molecule has 0 saturated heterocycles. The van der Waals surface area contributed by atoms with E-state index in [4.69, 9.17) is 0 Å². The lowest BCUT2D eigenvalue weighted by Crippen LogP contribution is -2.31. The van der Waals surface area contributed by atoms with Crippen LogP contribution >= 0.6 is 43.8 Å². The minimum atomic E-state index is -2.54. The Labute approximate surface area is 362 Å². The van der Waals surface area contributed by atoms with Crippen LogP contribution in [0.1, 0.15) is 0 Å². The number of benzene rings is 9. The van der Waals surface area contributed by atoms with Crippen LogP contribution in [0.2, 0.25) is 0 Å². The Morgan fingerprint density at radius 2 is 0.383 bits per heavy atom. The number of hydrogen-bond acceptors (Lipinski definition) is 0. The summed E-state index contributed by atoms with van der Waals surface area (Å²) < 4.78 is 0. The zero-order valence-corrected chi connectivity index (χ0v) is 38.5. The summed E-state index contributed by atoms with van der Waals surface area (Å²) in [4.78, 5) is 0. The smallest absolute Gasteiger partial charge is 0.0622 e. The second kappa shape index (κ2) is 20.0. The van der Waals surface area contributed by atoms with Crippen molar-refractivity contribution in [1.82, 2.24) is 0 Å². The third kappa shape index (κ3) is 8.55. The van der Waals surface area contributed by atoms with Gasteiger partial charge in [-0.3, -0.25) is 0 Å². The molecule has 0 radical (unpaired) electrons. The molecular weight excluding hydrogens is 834 g/mol. The first-order chi connectivity index (χ1) is 29.8.